The molecule has 21 heavy (non-hydrogen) atoms. The number of carbonyl (C=O) groups is 1. The van der Waals surface area contributed by atoms with Crippen molar-refractivity contribution >= 4 is 16.0 Å². The Bertz CT molecular complexity index is 622. The second-order valence-electron chi connectivity index (χ2n) is 5.41. The molecule has 0 bridgehead atoms. The largest absolute Gasteiger partial charge is 0.478 e. The molecule has 0 saturated heterocycles. The summed E-state index contributed by atoms with van der Waals surface area (Å²) in [7, 11) is -2.26. The summed E-state index contributed by atoms with van der Waals surface area (Å²) in [6, 6.07) is 5.59. The molecule has 1 aliphatic rings. The van der Waals surface area contributed by atoms with E-state index in [1.807, 2.05) is 0 Å². The number of sulfonamides is 1. The quantitative estimate of drug-likeness (QED) is 0.795. The Morgan fingerprint density at radius 1 is 1.38 bits per heavy atom. The Labute approximate surface area is 124 Å². The molecule has 0 atom stereocenters. The van der Waals surface area contributed by atoms with Crippen LogP contribution in [0.15, 0.2) is 29.2 Å². The zero-order valence-electron chi connectivity index (χ0n) is 11.8. The van der Waals surface area contributed by atoms with Crippen LogP contribution in [0.4, 0.5) is 0 Å². The Kier molecular flexibility index (Phi) is 4.65. The van der Waals surface area contributed by atoms with Crippen LogP contribution in [-0.4, -0.2) is 39.8 Å². The number of benzene rings is 1. The van der Waals surface area contributed by atoms with Crippen LogP contribution in [-0.2, 0) is 14.8 Å². The van der Waals surface area contributed by atoms with E-state index in [1.165, 1.54) is 24.3 Å². The first-order chi connectivity index (χ1) is 9.90. The Morgan fingerprint density at radius 3 is 2.57 bits per heavy atom. The van der Waals surface area contributed by atoms with Gasteiger partial charge in [-0.2, -0.15) is 0 Å². The van der Waals surface area contributed by atoms with Gasteiger partial charge in [-0.1, -0.05) is 18.6 Å². The minimum absolute atomic E-state index is 0.167. The molecule has 1 fully saturated rings. The predicted octanol–water partition coefficient (Wildman–Crippen LogP) is 1.48. The van der Waals surface area contributed by atoms with Crippen LogP contribution in [0.5, 0.6) is 0 Å². The molecule has 0 aliphatic heterocycles. The molecule has 1 aromatic rings. The lowest BCUT2D eigenvalue weighted by Gasteiger charge is -2.41. The summed E-state index contributed by atoms with van der Waals surface area (Å²) in [5.74, 6) is -1.26. The van der Waals surface area contributed by atoms with E-state index < -0.39 is 16.0 Å². The molecule has 2 N–H and O–H groups in total. The standard InChI is InChI=1S/C14H19NO5S/c1-20-10-14(7-4-8-14)9-15-21(18,19)12-6-3-2-5-11(12)13(16)17/h2-3,5-6,15H,4,7-10H2,1H3,(H,16,17). The number of carboxylic acids is 1. The van der Waals surface area contributed by atoms with Crippen molar-refractivity contribution in [1.82, 2.24) is 4.72 Å². The number of aromatic carboxylic acids is 1. The van der Waals surface area contributed by atoms with E-state index in [2.05, 4.69) is 4.72 Å². The van der Waals surface area contributed by atoms with E-state index >= 15 is 0 Å². The second-order valence-corrected chi connectivity index (χ2v) is 7.15. The fourth-order valence-corrected chi connectivity index (χ4v) is 3.91. The van der Waals surface area contributed by atoms with Crippen molar-refractivity contribution in [1.29, 1.82) is 0 Å². The monoisotopic (exact) mass is 313 g/mol. The van der Waals surface area contributed by atoms with E-state index in [0.29, 0.717) is 6.61 Å². The van der Waals surface area contributed by atoms with E-state index in [9.17, 15) is 13.2 Å². The van der Waals surface area contributed by atoms with Gasteiger partial charge in [0.25, 0.3) is 0 Å². The van der Waals surface area contributed by atoms with Crippen molar-refractivity contribution in [3.8, 4) is 0 Å². The Morgan fingerprint density at radius 2 is 2.05 bits per heavy atom. The van der Waals surface area contributed by atoms with E-state index in [0.717, 1.165) is 19.3 Å². The number of hydrogen-bond donors (Lipinski definition) is 2. The maximum Gasteiger partial charge on any atom is 0.337 e. The zero-order valence-corrected chi connectivity index (χ0v) is 12.6. The average Bonchev–Trinajstić information content (AvgIpc) is 2.41. The van der Waals surface area contributed by atoms with Gasteiger partial charge in [-0.3, -0.25) is 0 Å². The number of rotatable bonds is 7. The minimum atomic E-state index is -3.85. The number of nitrogens with one attached hydrogen (secondary N) is 1. The molecule has 1 saturated carbocycles. The molecular weight excluding hydrogens is 294 g/mol. The van der Waals surface area contributed by atoms with Gasteiger partial charge < -0.3 is 9.84 Å². The van der Waals surface area contributed by atoms with Gasteiger partial charge in [0, 0.05) is 19.1 Å². The smallest absolute Gasteiger partial charge is 0.337 e. The third-order valence-corrected chi connectivity index (χ3v) is 5.37. The van der Waals surface area contributed by atoms with Gasteiger partial charge in [0.15, 0.2) is 0 Å². The SMILES string of the molecule is COCC1(CNS(=O)(=O)c2ccccc2C(=O)O)CCC1. The van der Waals surface area contributed by atoms with Crippen molar-refractivity contribution < 1.29 is 23.1 Å². The number of ether oxygens (including phenoxy) is 1. The highest BCUT2D eigenvalue weighted by Crippen LogP contribution is 2.40. The minimum Gasteiger partial charge on any atom is -0.478 e. The molecule has 116 valence electrons. The Balaban J connectivity index is 2.18. The van der Waals surface area contributed by atoms with Crippen molar-refractivity contribution in [2.24, 2.45) is 5.41 Å². The predicted molar refractivity (Wildman–Crippen MR) is 76.7 cm³/mol. The first-order valence-corrected chi connectivity index (χ1v) is 8.19. The summed E-state index contributed by atoms with van der Waals surface area (Å²) in [4.78, 5) is 10.9. The summed E-state index contributed by atoms with van der Waals surface area (Å²) in [6.45, 7) is 0.757. The number of carboxylic acid groups (broad SMARTS) is 1. The summed E-state index contributed by atoms with van der Waals surface area (Å²) in [5, 5.41) is 9.09. The molecule has 0 heterocycles. The topological polar surface area (TPSA) is 92.7 Å². The summed E-state index contributed by atoms with van der Waals surface area (Å²) in [5.41, 5.74) is -0.389. The highest BCUT2D eigenvalue weighted by molar-refractivity contribution is 7.89. The highest BCUT2D eigenvalue weighted by atomic mass is 32.2. The molecule has 0 unspecified atom stereocenters. The van der Waals surface area contributed by atoms with E-state index in [1.54, 1.807) is 7.11 Å². The van der Waals surface area contributed by atoms with Crippen LogP contribution in [0.25, 0.3) is 0 Å². The van der Waals surface area contributed by atoms with E-state index in [4.69, 9.17) is 9.84 Å². The third kappa shape index (κ3) is 3.42. The van der Waals surface area contributed by atoms with Gasteiger partial charge in [-0.25, -0.2) is 17.9 Å². The van der Waals surface area contributed by atoms with Crippen molar-refractivity contribution in [2.45, 2.75) is 24.2 Å². The summed E-state index contributed by atoms with van der Waals surface area (Å²) < 4.78 is 32.3. The molecule has 7 heteroatoms. The van der Waals surface area contributed by atoms with Crippen molar-refractivity contribution in [2.75, 3.05) is 20.3 Å². The summed E-state index contributed by atoms with van der Waals surface area (Å²) in [6.07, 6.45) is 2.87. The van der Waals surface area contributed by atoms with Crippen LogP contribution < -0.4 is 4.72 Å². The fourth-order valence-electron chi connectivity index (χ4n) is 2.56. The van der Waals surface area contributed by atoms with Crippen molar-refractivity contribution in [3.05, 3.63) is 29.8 Å². The lowest BCUT2D eigenvalue weighted by atomic mass is 9.69. The number of methoxy groups -OCH3 is 1. The molecular formula is C14H19NO5S. The maximum atomic E-state index is 12.3. The molecule has 2 rings (SSSR count). The van der Waals surface area contributed by atoms with Crippen LogP contribution >= 0.6 is 0 Å². The second kappa shape index (κ2) is 6.13. The van der Waals surface area contributed by atoms with Crippen LogP contribution in [0.2, 0.25) is 0 Å². The normalized spacial score (nSPS) is 17.2. The molecule has 6 nitrogen and oxygen atoms in total. The highest BCUT2D eigenvalue weighted by Gasteiger charge is 2.38. The van der Waals surface area contributed by atoms with Gasteiger partial charge in [0.2, 0.25) is 10.0 Å². The lowest BCUT2D eigenvalue weighted by Crippen LogP contribution is -2.45. The number of hydrogen-bond acceptors (Lipinski definition) is 4. The van der Waals surface area contributed by atoms with Crippen LogP contribution in [0.1, 0.15) is 29.6 Å². The first-order valence-electron chi connectivity index (χ1n) is 6.71. The average molecular weight is 313 g/mol. The molecule has 1 aromatic carbocycles. The van der Waals surface area contributed by atoms with Crippen LogP contribution in [0.3, 0.4) is 0 Å². The maximum absolute atomic E-state index is 12.3. The molecule has 0 radical (unpaired) electrons. The molecule has 0 amide bonds. The Hall–Kier alpha value is -1.44. The zero-order chi connectivity index (χ0) is 15.5. The van der Waals surface area contributed by atoms with Gasteiger partial charge in [-0.05, 0) is 25.0 Å². The van der Waals surface area contributed by atoms with Crippen molar-refractivity contribution in [3.63, 3.8) is 0 Å². The molecule has 0 aromatic heterocycles. The summed E-state index contributed by atoms with van der Waals surface area (Å²) >= 11 is 0. The first kappa shape index (κ1) is 15.9. The van der Waals surface area contributed by atoms with E-state index in [-0.39, 0.29) is 22.4 Å². The van der Waals surface area contributed by atoms with Gasteiger partial charge in [0.05, 0.1) is 17.1 Å². The third-order valence-electron chi connectivity index (χ3n) is 3.91. The van der Waals surface area contributed by atoms with Gasteiger partial charge in [-0.15, -0.1) is 0 Å². The molecule has 0 spiro atoms. The van der Waals surface area contributed by atoms with Gasteiger partial charge >= 0.3 is 5.97 Å². The fraction of sp³-hybridized carbons (Fsp3) is 0.500. The van der Waals surface area contributed by atoms with Crippen LogP contribution in [0, 0.1) is 5.41 Å². The molecule has 1 aliphatic carbocycles. The van der Waals surface area contributed by atoms with Gasteiger partial charge in [0.1, 0.15) is 0 Å². The lowest BCUT2D eigenvalue weighted by molar-refractivity contribution is 0.0220.